The van der Waals surface area contributed by atoms with Crippen LogP contribution in [-0.4, -0.2) is 46.7 Å². The Bertz CT molecular complexity index is 1160. The van der Waals surface area contributed by atoms with E-state index in [0.29, 0.717) is 18.9 Å². The van der Waals surface area contributed by atoms with Crippen LogP contribution < -0.4 is 9.64 Å². The van der Waals surface area contributed by atoms with Crippen LogP contribution in [0.5, 0.6) is 5.75 Å². The molecule has 0 saturated heterocycles. The highest BCUT2D eigenvalue weighted by atomic mass is 16.5. The van der Waals surface area contributed by atoms with E-state index in [1.165, 1.54) is 0 Å². The number of urea groups is 1. The van der Waals surface area contributed by atoms with Gasteiger partial charge in [-0.15, -0.1) is 0 Å². The van der Waals surface area contributed by atoms with Gasteiger partial charge in [-0.05, 0) is 41.8 Å². The van der Waals surface area contributed by atoms with E-state index in [1.54, 1.807) is 27.8 Å². The van der Waals surface area contributed by atoms with Gasteiger partial charge in [0.05, 0.1) is 31.1 Å². The van der Waals surface area contributed by atoms with Gasteiger partial charge in [0.25, 0.3) is 0 Å². The van der Waals surface area contributed by atoms with Gasteiger partial charge in [0.15, 0.2) is 5.82 Å². The van der Waals surface area contributed by atoms with Gasteiger partial charge in [-0.3, -0.25) is 14.8 Å². The van der Waals surface area contributed by atoms with Crippen molar-refractivity contribution >= 4 is 23.8 Å². The van der Waals surface area contributed by atoms with E-state index in [4.69, 9.17) is 4.74 Å². The van der Waals surface area contributed by atoms with E-state index >= 15 is 0 Å². The van der Waals surface area contributed by atoms with Gasteiger partial charge in [-0.25, -0.2) is 9.48 Å². The third-order valence-corrected chi connectivity index (χ3v) is 5.63. The standard InChI is InChI=1S/C24H23N5O2/c1-3-17-5-7-18(8-6-17)16-28-23-21(22-25-13-4-14-27(22)24(28)30)15-26-29(23)19-9-11-20(31-2)12-10-19/h3,5-12,15H,1,4,13-14,16H2,2H3. The summed E-state index contributed by atoms with van der Waals surface area (Å²) in [4.78, 5) is 21.7. The van der Waals surface area contributed by atoms with Crippen LogP contribution in [0.3, 0.4) is 0 Å². The number of carbonyl (C=O) groups is 1. The van der Waals surface area contributed by atoms with E-state index < -0.39 is 0 Å². The molecule has 2 aliphatic heterocycles. The normalized spacial score (nSPS) is 15.3. The molecule has 2 aliphatic rings. The molecule has 2 aromatic carbocycles. The minimum atomic E-state index is -0.0750. The van der Waals surface area contributed by atoms with Crippen molar-refractivity contribution < 1.29 is 9.53 Å². The molecular formula is C24H23N5O2. The molecule has 0 saturated carbocycles. The first-order valence-electron chi connectivity index (χ1n) is 10.3. The Morgan fingerprint density at radius 1 is 1.13 bits per heavy atom. The van der Waals surface area contributed by atoms with E-state index in [2.05, 4.69) is 16.7 Å². The molecular weight excluding hydrogens is 390 g/mol. The smallest absolute Gasteiger partial charge is 0.331 e. The van der Waals surface area contributed by atoms with Gasteiger partial charge >= 0.3 is 6.03 Å². The van der Waals surface area contributed by atoms with Crippen LogP contribution in [0.2, 0.25) is 0 Å². The second kappa shape index (κ2) is 7.75. The summed E-state index contributed by atoms with van der Waals surface area (Å²) in [6, 6.07) is 15.6. The van der Waals surface area contributed by atoms with Crippen LogP contribution in [0, 0.1) is 0 Å². The zero-order valence-electron chi connectivity index (χ0n) is 17.4. The lowest BCUT2D eigenvalue weighted by molar-refractivity contribution is 0.223. The Hall–Kier alpha value is -3.87. The number of anilines is 1. The van der Waals surface area contributed by atoms with Crippen LogP contribution >= 0.6 is 0 Å². The number of rotatable bonds is 5. The van der Waals surface area contributed by atoms with Gasteiger partial charge in [0.1, 0.15) is 11.6 Å². The predicted molar refractivity (Wildman–Crippen MR) is 121 cm³/mol. The average molecular weight is 413 g/mol. The first-order valence-corrected chi connectivity index (χ1v) is 10.3. The quantitative estimate of drug-likeness (QED) is 0.632. The Balaban J connectivity index is 1.61. The van der Waals surface area contributed by atoms with E-state index in [1.807, 2.05) is 54.6 Å². The number of amides is 2. The van der Waals surface area contributed by atoms with Crippen molar-refractivity contribution in [3.8, 4) is 11.4 Å². The predicted octanol–water partition coefficient (Wildman–Crippen LogP) is 4.12. The summed E-state index contributed by atoms with van der Waals surface area (Å²) in [5.74, 6) is 2.21. The van der Waals surface area contributed by atoms with Crippen LogP contribution in [0.25, 0.3) is 11.8 Å². The second-order valence-electron chi connectivity index (χ2n) is 7.52. The summed E-state index contributed by atoms with van der Waals surface area (Å²) in [5, 5.41) is 4.63. The second-order valence-corrected chi connectivity index (χ2v) is 7.52. The lowest BCUT2D eigenvalue weighted by atomic mass is 10.1. The molecule has 5 rings (SSSR count). The summed E-state index contributed by atoms with van der Waals surface area (Å²) >= 11 is 0. The van der Waals surface area contributed by atoms with Crippen LogP contribution in [0.15, 0.2) is 66.3 Å². The minimum Gasteiger partial charge on any atom is -0.497 e. The van der Waals surface area contributed by atoms with Crippen molar-refractivity contribution in [1.82, 2.24) is 14.7 Å². The zero-order chi connectivity index (χ0) is 21.4. The SMILES string of the molecule is C=Cc1ccc(CN2C(=O)N3CCCN=C3c3cnn(-c4ccc(OC)cc4)c32)cc1. The van der Waals surface area contributed by atoms with Crippen molar-refractivity contribution in [2.75, 3.05) is 25.1 Å². The molecule has 31 heavy (non-hydrogen) atoms. The highest BCUT2D eigenvalue weighted by Crippen LogP contribution is 2.34. The molecule has 0 spiro atoms. The molecule has 0 atom stereocenters. The number of carbonyl (C=O) groups excluding carboxylic acids is 1. The Labute approximate surface area is 180 Å². The first-order chi connectivity index (χ1) is 15.2. The third kappa shape index (κ3) is 3.28. The number of aliphatic imine (C=N–C) groups is 1. The van der Waals surface area contributed by atoms with Crippen molar-refractivity contribution in [2.24, 2.45) is 4.99 Å². The molecule has 7 nitrogen and oxygen atoms in total. The Kier molecular flexibility index (Phi) is 4.78. The largest absolute Gasteiger partial charge is 0.497 e. The van der Waals surface area contributed by atoms with Crippen LogP contribution in [0.4, 0.5) is 10.6 Å². The molecule has 0 radical (unpaired) electrons. The van der Waals surface area contributed by atoms with Gasteiger partial charge in [0, 0.05) is 13.1 Å². The Morgan fingerprint density at radius 2 is 1.90 bits per heavy atom. The number of hydrogen-bond acceptors (Lipinski definition) is 4. The highest BCUT2D eigenvalue weighted by Gasteiger charge is 2.39. The van der Waals surface area contributed by atoms with Crippen LogP contribution in [0.1, 0.15) is 23.1 Å². The molecule has 3 aromatic rings. The molecule has 0 aliphatic carbocycles. The average Bonchev–Trinajstić information content (AvgIpc) is 3.27. The molecule has 156 valence electrons. The van der Waals surface area contributed by atoms with Crippen molar-refractivity contribution in [2.45, 2.75) is 13.0 Å². The summed E-state index contributed by atoms with van der Waals surface area (Å²) in [5.41, 5.74) is 3.80. The van der Waals surface area contributed by atoms with Crippen molar-refractivity contribution in [3.05, 3.63) is 78.0 Å². The van der Waals surface area contributed by atoms with Gasteiger partial charge in [0.2, 0.25) is 0 Å². The van der Waals surface area contributed by atoms with Gasteiger partial charge < -0.3 is 4.74 Å². The number of hydrogen-bond donors (Lipinski definition) is 0. The van der Waals surface area contributed by atoms with Crippen molar-refractivity contribution in [1.29, 1.82) is 0 Å². The maximum atomic E-state index is 13.5. The highest BCUT2D eigenvalue weighted by molar-refractivity contribution is 6.18. The summed E-state index contributed by atoms with van der Waals surface area (Å²) in [6.07, 6.45) is 4.47. The molecule has 0 fully saturated rings. The number of ether oxygens (including phenoxy) is 1. The minimum absolute atomic E-state index is 0.0750. The van der Waals surface area contributed by atoms with Crippen LogP contribution in [-0.2, 0) is 6.54 Å². The monoisotopic (exact) mass is 413 g/mol. The molecule has 7 heteroatoms. The number of aromatic nitrogens is 2. The number of benzene rings is 2. The number of amidine groups is 1. The third-order valence-electron chi connectivity index (χ3n) is 5.63. The topological polar surface area (TPSA) is 63.0 Å². The number of nitrogens with zero attached hydrogens (tertiary/aromatic N) is 5. The fourth-order valence-corrected chi connectivity index (χ4v) is 4.01. The number of methoxy groups -OCH3 is 1. The lowest BCUT2D eigenvalue weighted by Crippen LogP contribution is -2.53. The Morgan fingerprint density at radius 3 is 2.61 bits per heavy atom. The van der Waals surface area contributed by atoms with Gasteiger partial charge in [-0.1, -0.05) is 36.9 Å². The van der Waals surface area contributed by atoms with E-state index in [0.717, 1.165) is 46.9 Å². The van der Waals surface area contributed by atoms with Gasteiger partial charge in [-0.2, -0.15) is 5.10 Å². The molecule has 3 heterocycles. The maximum absolute atomic E-state index is 13.5. The fourth-order valence-electron chi connectivity index (χ4n) is 4.01. The molecule has 0 unspecified atom stereocenters. The molecule has 1 aromatic heterocycles. The summed E-state index contributed by atoms with van der Waals surface area (Å²) in [7, 11) is 1.64. The molecule has 2 amide bonds. The van der Waals surface area contributed by atoms with Crippen molar-refractivity contribution in [3.63, 3.8) is 0 Å². The lowest BCUT2D eigenvalue weighted by Gasteiger charge is -2.38. The fraction of sp³-hybridized carbons (Fsp3) is 0.208. The molecule has 0 N–H and O–H groups in total. The summed E-state index contributed by atoms with van der Waals surface area (Å²) in [6.45, 7) is 5.63. The molecule has 0 bridgehead atoms. The zero-order valence-corrected chi connectivity index (χ0v) is 17.4. The van der Waals surface area contributed by atoms with E-state index in [9.17, 15) is 4.79 Å². The maximum Gasteiger partial charge on any atom is 0.331 e. The van der Waals surface area contributed by atoms with E-state index in [-0.39, 0.29) is 6.03 Å². The summed E-state index contributed by atoms with van der Waals surface area (Å²) < 4.78 is 7.08. The first kappa shape index (κ1) is 19.1. The number of fused-ring (bicyclic) bond motifs is 3.